The Morgan fingerprint density at radius 3 is 1.92 bits per heavy atom. The van der Waals surface area contributed by atoms with Crippen LogP contribution in [0.5, 0.6) is 5.75 Å². The molecular weight excluding hydrogens is 291 g/mol. The van der Waals surface area contributed by atoms with Crippen molar-refractivity contribution in [2.24, 2.45) is 0 Å². The third kappa shape index (κ3) is 1.98. The number of phenolic OH excluding ortho intramolecular Hbond substituents is 1. The van der Waals surface area contributed by atoms with Gasteiger partial charge in [0.1, 0.15) is 11.6 Å². The number of hydrogen-bond donors (Lipinski definition) is 1. The molecule has 1 N–H and O–H groups in total. The Kier molecular flexibility index (Phi) is 3.53. The van der Waals surface area contributed by atoms with E-state index in [0.29, 0.717) is 21.8 Å². The molecule has 0 spiro atoms. The zero-order chi connectivity index (χ0) is 9.14. The molecule has 0 atom stereocenters. The fourth-order valence-electron chi connectivity index (χ4n) is 0.921. The van der Waals surface area contributed by atoms with Gasteiger partial charge >= 0.3 is 0 Å². The van der Waals surface area contributed by atoms with Crippen molar-refractivity contribution < 1.29 is 9.50 Å². The molecule has 1 rings (SSSR count). The molecule has 0 unspecified atom stereocenters. The van der Waals surface area contributed by atoms with Crippen LogP contribution in [0.3, 0.4) is 0 Å². The molecule has 0 aliphatic rings. The average molecular weight is 298 g/mol. The first-order valence-electron chi connectivity index (χ1n) is 3.31. The molecule has 4 heteroatoms. The maximum absolute atomic E-state index is 12.8. The van der Waals surface area contributed by atoms with Gasteiger partial charge in [-0.2, -0.15) is 0 Å². The summed E-state index contributed by atoms with van der Waals surface area (Å²) < 4.78 is 12.8. The molecule has 0 saturated heterocycles. The molecule has 0 heterocycles. The second-order valence-electron chi connectivity index (χ2n) is 2.34. The second kappa shape index (κ2) is 4.23. The predicted octanol–water partition coefficient (Wildman–Crippen LogP) is 3.32. The highest BCUT2D eigenvalue weighted by Crippen LogP contribution is 2.27. The normalized spacial score (nSPS) is 10.2. The fraction of sp³-hybridized carbons (Fsp3) is 0.250. The Labute approximate surface area is 86.9 Å². The first-order chi connectivity index (χ1) is 5.69. The highest BCUT2D eigenvalue weighted by Gasteiger charge is 2.07. The zero-order valence-electron chi connectivity index (χ0n) is 6.15. The highest BCUT2D eigenvalue weighted by molar-refractivity contribution is 9.08. The minimum atomic E-state index is -0.322. The van der Waals surface area contributed by atoms with E-state index < -0.39 is 0 Å². The third-order valence-electron chi connectivity index (χ3n) is 1.52. The summed E-state index contributed by atoms with van der Waals surface area (Å²) in [5.41, 5.74) is 1.15. The summed E-state index contributed by atoms with van der Waals surface area (Å²) in [4.78, 5) is 0. The summed E-state index contributed by atoms with van der Waals surface area (Å²) in [7, 11) is 0. The lowest BCUT2D eigenvalue weighted by Crippen LogP contribution is -1.88. The summed E-state index contributed by atoms with van der Waals surface area (Å²) >= 11 is 6.33. The van der Waals surface area contributed by atoms with E-state index in [9.17, 15) is 9.50 Å². The van der Waals surface area contributed by atoms with E-state index in [-0.39, 0.29) is 11.6 Å². The van der Waals surface area contributed by atoms with Crippen molar-refractivity contribution >= 4 is 31.9 Å². The van der Waals surface area contributed by atoms with Crippen molar-refractivity contribution in [1.82, 2.24) is 0 Å². The molecule has 0 amide bonds. The molecule has 0 radical (unpaired) electrons. The van der Waals surface area contributed by atoms with Crippen LogP contribution < -0.4 is 0 Å². The van der Waals surface area contributed by atoms with Crippen LogP contribution in [-0.2, 0) is 10.7 Å². The van der Waals surface area contributed by atoms with Crippen LogP contribution in [0.25, 0.3) is 0 Å². The average Bonchev–Trinajstić information content (AvgIpc) is 2.08. The molecule has 1 aromatic rings. The van der Waals surface area contributed by atoms with E-state index in [1.807, 2.05) is 0 Å². The number of hydrogen-bond acceptors (Lipinski definition) is 1. The van der Waals surface area contributed by atoms with E-state index in [0.717, 1.165) is 0 Å². The monoisotopic (exact) mass is 296 g/mol. The Bertz CT molecular complexity index is 263. The number of halogens is 3. The van der Waals surface area contributed by atoms with Crippen LogP contribution in [0.1, 0.15) is 11.1 Å². The van der Waals surface area contributed by atoms with Gasteiger partial charge in [-0.25, -0.2) is 4.39 Å². The Balaban J connectivity index is 3.22. The predicted molar refractivity (Wildman–Crippen MR) is 53.3 cm³/mol. The largest absolute Gasteiger partial charge is 0.507 e. The van der Waals surface area contributed by atoms with Gasteiger partial charge in [0.25, 0.3) is 0 Å². The fourth-order valence-corrected chi connectivity index (χ4v) is 1.78. The van der Waals surface area contributed by atoms with Gasteiger partial charge in [0.2, 0.25) is 0 Å². The van der Waals surface area contributed by atoms with E-state index in [2.05, 4.69) is 31.9 Å². The lowest BCUT2D eigenvalue weighted by atomic mass is 10.1. The lowest BCUT2D eigenvalue weighted by molar-refractivity contribution is 0.463. The number of aromatic hydroxyl groups is 1. The van der Waals surface area contributed by atoms with Crippen molar-refractivity contribution in [3.63, 3.8) is 0 Å². The summed E-state index contributed by atoms with van der Waals surface area (Å²) in [6.07, 6.45) is 0. The molecule has 12 heavy (non-hydrogen) atoms. The number of phenols is 1. The molecule has 0 aliphatic carbocycles. The van der Waals surface area contributed by atoms with Crippen molar-refractivity contribution in [3.8, 4) is 5.75 Å². The van der Waals surface area contributed by atoms with Crippen molar-refractivity contribution in [2.45, 2.75) is 10.7 Å². The summed E-state index contributed by atoms with van der Waals surface area (Å²) in [6, 6.07) is 2.63. The maximum atomic E-state index is 12.8. The zero-order valence-corrected chi connectivity index (χ0v) is 9.32. The molecule has 66 valence electrons. The van der Waals surface area contributed by atoms with Gasteiger partial charge in [-0.3, -0.25) is 0 Å². The van der Waals surface area contributed by atoms with Gasteiger partial charge in [0.15, 0.2) is 0 Å². The first kappa shape index (κ1) is 9.99. The van der Waals surface area contributed by atoms with E-state index in [1.165, 1.54) is 12.1 Å². The van der Waals surface area contributed by atoms with Crippen LogP contribution in [0.15, 0.2) is 12.1 Å². The topological polar surface area (TPSA) is 20.2 Å². The number of alkyl halides is 2. The third-order valence-corrected chi connectivity index (χ3v) is 2.73. The molecule has 0 saturated carbocycles. The highest BCUT2D eigenvalue weighted by atomic mass is 79.9. The van der Waals surface area contributed by atoms with Crippen LogP contribution in [0, 0.1) is 5.82 Å². The molecule has 0 aliphatic heterocycles. The minimum Gasteiger partial charge on any atom is -0.507 e. The van der Waals surface area contributed by atoms with E-state index in [1.54, 1.807) is 0 Å². The van der Waals surface area contributed by atoms with Gasteiger partial charge in [0, 0.05) is 21.8 Å². The molecule has 0 bridgehead atoms. The number of rotatable bonds is 2. The Morgan fingerprint density at radius 2 is 1.58 bits per heavy atom. The molecular formula is C8H7Br2FO. The van der Waals surface area contributed by atoms with Gasteiger partial charge < -0.3 is 5.11 Å². The quantitative estimate of drug-likeness (QED) is 0.830. The van der Waals surface area contributed by atoms with Gasteiger partial charge in [-0.05, 0) is 12.1 Å². The molecule has 0 aromatic heterocycles. The van der Waals surface area contributed by atoms with Crippen LogP contribution >= 0.6 is 31.9 Å². The van der Waals surface area contributed by atoms with E-state index in [4.69, 9.17) is 0 Å². The summed E-state index contributed by atoms with van der Waals surface area (Å²) in [6.45, 7) is 0. The molecule has 0 fully saturated rings. The van der Waals surface area contributed by atoms with Gasteiger partial charge in [-0.15, -0.1) is 0 Å². The maximum Gasteiger partial charge on any atom is 0.124 e. The first-order valence-corrected chi connectivity index (χ1v) is 5.55. The number of benzene rings is 1. The van der Waals surface area contributed by atoms with E-state index >= 15 is 0 Å². The second-order valence-corrected chi connectivity index (χ2v) is 3.46. The summed E-state index contributed by atoms with van der Waals surface area (Å²) in [5.74, 6) is -0.165. The van der Waals surface area contributed by atoms with Crippen LogP contribution in [-0.4, -0.2) is 5.11 Å². The van der Waals surface area contributed by atoms with Crippen molar-refractivity contribution in [3.05, 3.63) is 29.1 Å². The minimum absolute atomic E-state index is 0.158. The Morgan fingerprint density at radius 1 is 1.17 bits per heavy atom. The molecule has 1 nitrogen and oxygen atoms in total. The molecule has 1 aromatic carbocycles. The smallest absolute Gasteiger partial charge is 0.124 e. The van der Waals surface area contributed by atoms with Crippen LogP contribution in [0.4, 0.5) is 4.39 Å². The van der Waals surface area contributed by atoms with Crippen molar-refractivity contribution in [1.29, 1.82) is 0 Å². The van der Waals surface area contributed by atoms with Crippen LogP contribution in [0.2, 0.25) is 0 Å². The van der Waals surface area contributed by atoms with Gasteiger partial charge in [-0.1, -0.05) is 31.9 Å². The Hall–Kier alpha value is -0.0900. The van der Waals surface area contributed by atoms with Gasteiger partial charge in [0.05, 0.1) is 0 Å². The van der Waals surface area contributed by atoms with Crippen molar-refractivity contribution in [2.75, 3.05) is 0 Å². The standard InChI is InChI=1S/C8H7Br2FO/c9-3-5-1-7(11)2-6(4-10)8(5)12/h1-2,12H,3-4H2. The lowest BCUT2D eigenvalue weighted by Gasteiger charge is -2.05. The SMILES string of the molecule is Oc1c(CBr)cc(F)cc1CBr. The summed E-state index contributed by atoms with van der Waals surface area (Å²) in [5, 5.41) is 10.4.